The molecular weight excluding hydrogens is 392 g/mol. The van der Waals surface area contributed by atoms with Gasteiger partial charge in [0.05, 0.1) is 17.8 Å². The number of likely N-dealkylation sites (tertiary alicyclic amines) is 1. The third-order valence-electron chi connectivity index (χ3n) is 6.42. The number of aryl methyl sites for hydroxylation is 1. The predicted molar refractivity (Wildman–Crippen MR) is 120 cm³/mol. The molecule has 1 fully saturated rings. The fourth-order valence-electron chi connectivity index (χ4n) is 3.92. The van der Waals surface area contributed by atoms with Gasteiger partial charge < -0.3 is 15.3 Å². The van der Waals surface area contributed by atoms with Crippen molar-refractivity contribution in [3.05, 3.63) is 42.1 Å². The molecule has 1 aromatic carbocycles. The van der Waals surface area contributed by atoms with E-state index in [1.807, 2.05) is 76.7 Å². The molecule has 0 bridgehead atoms. The number of benzene rings is 1. The number of nitrogens with zero attached hydrogens (tertiary/aromatic N) is 3. The Bertz CT molecular complexity index is 929. The maximum absolute atomic E-state index is 13.0. The van der Waals surface area contributed by atoms with Gasteiger partial charge in [0.25, 0.3) is 0 Å². The lowest BCUT2D eigenvalue weighted by molar-refractivity contribution is -0.144. The van der Waals surface area contributed by atoms with E-state index in [4.69, 9.17) is 0 Å². The molecular formula is C24H34N4O3. The monoisotopic (exact) mass is 426 g/mol. The summed E-state index contributed by atoms with van der Waals surface area (Å²) in [7, 11) is 1.90. The molecule has 2 N–H and O–H groups in total. The van der Waals surface area contributed by atoms with Crippen LogP contribution in [0.3, 0.4) is 0 Å². The molecule has 1 aliphatic rings. The van der Waals surface area contributed by atoms with Gasteiger partial charge in [-0.1, -0.05) is 52.0 Å². The van der Waals surface area contributed by atoms with Gasteiger partial charge >= 0.3 is 0 Å². The van der Waals surface area contributed by atoms with Crippen LogP contribution in [0.2, 0.25) is 0 Å². The topological polar surface area (TPSA) is 87.5 Å². The van der Waals surface area contributed by atoms with Crippen molar-refractivity contribution >= 4 is 11.8 Å². The Morgan fingerprint density at radius 2 is 1.81 bits per heavy atom. The van der Waals surface area contributed by atoms with Gasteiger partial charge in [0.2, 0.25) is 11.8 Å². The maximum Gasteiger partial charge on any atom is 0.243 e. The van der Waals surface area contributed by atoms with E-state index >= 15 is 0 Å². The number of carbonyl (C=O) groups is 2. The minimum absolute atomic E-state index is 0.0858. The van der Waals surface area contributed by atoms with Crippen molar-refractivity contribution in [3.63, 3.8) is 0 Å². The van der Waals surface area contributed by atoms with Crippen LogP contribution in [0, 0.1) is 11.3 Å². The second-order valence-corrected chi connectivity index (χ2v) is 9.68. The molecule has 7 nitrogen and oxygen atoms in total. The first-order valence-electron chi connectivity index (χ1n) is 10.9. The van der Waals surface area contributed by atoms with E-state index < -0.39 is 12.1 Å². The van der Waals surface area contributed by atoms with E-state index in [9.17, 15) is 14.7 Å². The standard InChI is InChI=1S/C24H34N4O3/c1-15(24(3,4)5)23(31)28-14-19(29)13-21(28)22(30)26-16(2)17-7-9-18(10-8-17)20-11-12-25-27(20)6/h7-12,15-16,19,21,29H,13-14H2,1-6H3,(H,26,30)/t15-,16-,19+,21-/m0/s1. The van der Waals surface area contributed by atoms with Crippen molar-refractivity contribution in [2.24, 2.45) is 18.4 Å². The number of carbonyl (C=O) groups excluding carboxylic acids is 2. The zero-order valence-electron chi connectivity index (χ0n) is 19.3. The molecule has 2 amide bonds. The van der Waals surface area contributed by atoms with Gasteiger partial charge in [-0.05, 0) is 29.5 Å². The highest BCUT2D eigenvalue weighted by atomic mass is 16.3. The molecule has 0 radical (unpaired) electrons. The Morgan fingerprint density at radius 1 is 1.16 bits per heavy atom. The second kappa shape index (κ2) is 8.83. The first kappa shape index (κ1) is 23.0. The Balaban J connectivity index is 1.69. The molecule has 1 saturated heterocycles. The summed E-state index contributed by atoms with van der Waals surface area (Å²) in [5.74, 6) is -0.559. The molecule has 2 heterocycles. The molecule has 1 aromatic heterocycles. The van der Waals surface area contributed by atoms with Crippen LogP contribution in [0.25, 0.3) is 11.3 Å². The number of hydrogen-bond acceptors (Lipinski definition) is 4. The number of rotatable bonds is 5. The highest BCUT2D eigenvalue weighted by molar-refractivity contribution is 5.89. The highest BCUT2D eigenvalue weighted by Crippen LogP contribution is 2.30. The molecule has 31 heavy (non-hydrogen) atoms. The lowest BCUT2D eigenvalue weighted by atomic mass is 9.81. The smallest absolute Gasteiger partial charge is 0.243 e. The molecule has 7 heteroatoms. The lowest BCUT2D eigenvalue weighted by Crippen LogP contribution is -2.49. The molecule has 4 atom stereocenters. The van der Waals surface area contributed by atoms with Crippen molar-refractivity contribution in [3.8, 4) is 11.3 Å². The molecule has 1 aliphatic heterocycles. The fourth-order valence-corrected chi connectivity index (χ4v) is 3.92. The number of aliphatic hydroxyl groups excluding tert-OH is 1. The number of aromatic nitrogens is 2. The van der Waals surface area contributed by atoms with Crippen LogP contribution < -0.4 is 5.32 Å². The number of hydrogen-bond donors (Lipinski definition) is 2. The Labute approximate surface area is 184 Å². The SMILES string of the molecule is C[C@H](NC(=O)[C@@H]1C[C@@H](O)CN1C(=O)[C@H](C)C(C)(C)C)c1ccc(-c2ccnn2C)cc1. The van der Waals surface area contributed by atoms with Gasteiger partial charge in [0, 0.05) is 32.1 Å². The van der Waals surface area contributed by atoms with Crippen LogP contribution in [0.5, 0.6) is 0 Å². The Morgan fingerprint density at radius 3 is 2.35 bits per heavy atom. The summed E-state index contributed by atoms with van der Waals surface area (Å²) < 4.78 is 1.82. The van der Waals surface area contributed by atoms with Gasteiger partial charge in [-0.2, -0.15) is 5.10 Å². The molecule has 168 valence electrons. The van der Waals surface area contributed by atoms with E-state index in [0.29, 0.717) is 0 Å². The van der Waals surface area contributed by atoms with Crippen molar-refractivity contribution < 1.29 is 14.7 Å². The van der Waals surface area contributed by atoms with Gasteiger partial charge in [-0.25, -0.2) is 0 Å². The van der Waals surface area contributed by atoms with Crippen LogP contribution >= 0.6 is 0 Å². The van der Waals surface area contributed by atoms with Crippen LogP contribution in [0.4, 0.5) is 0 Å². The normalized spacial score (nSPS) is 21.1. The van der Waals surface area contributed by atoms with Crippen LogP contribution in [0.1, 0.15) is 52.6 Å². The molecule has 3 rings (SSSR count). The predicted octanol–water partition coefficient (Wildman–Crippen LogP) is 2.91. The lowest BCUT2D eigenvalue weighted by Gasteiger charge is -2.33. The van der Waals surface area contributed by atoms with Crippen molar-refractivity contribution in [2.75, 3.05) is 6.54 Å². The number of aliphatic hydroxyl groups is 1. The van der Waals surface area contributed by atoms with Gasteiger partial charge in [0.15, 0.2) is 0 Å². The first-order chi connectivity index (χ1) is 14.5. The summed E-state index contributed by atoms with van der Waals surface area (Å²) in [6.07, 6.45) is 1.34. The van der Waals surface area contributed by atoms with E-state index in [1.54, 1.807) is 11.1 Å². The molecule has 0 unspecified atom stereocenters. The summed E-state index contributed by atoms with van der Waals surface area (Å²) in [5.41, 5.74) is 2.83. The third-order valence-corrected chi connectivity index (χ3v) is 6.42. The number of amides is 2. The maximum atomic E-state index is 13.0. The highest BCUT2D eigenvalue weighted by Gasteiger charge is 2.42. The van der Waals surface area contributed by atoms with Crippen molar-refractivity contribution in [1.29, 1.82) is 0 Å². The largest absolute Gasteiger partial charge is 0.391 e. The summed E-state index contributed by atoms with van der Waals surface area (Å²) in [5, 5.41) is 17.4. The summed E-state index contributed by atoms with van der Waals surface area (Å²) in [6, 6.07) is 9.08. The van der Waals surface area contributed by atoms with E-state index in [0.717, 1.165) is 16.8 Å². The minimum Gasteiger partial charge on any atom is -0.391 e. The molecule has 0 spiro atoms. The van der Waals surface area contributed by atoms with Crippen LogP contribution in [-0.2, 0) is 16.6 Å². The first-order valence-corrected chi connectivity index (χ1v) is 10.9. The van der Waals surface area contributed by atoms with Crippen molar-refractivity contribution in [2.45, 2.75) is 59.2 Å². The summed E-state index contributed by atoms with van der Waals surface area (Å²) in [4.78, 5) is 27.6. The quantitative estimate of drug-likeness (QED) is 0.770. The Hall–Kier alpha value is -2.67. The fraction of sp³-hybridized carbons (Fsp3) is 0.542. The average molecular weight is 427 g/mol. The summed E-state index contributed by atoms with van der Waals surface area (Å²) >= 11 is 0. The zero-order chi connectivity index (χ0) is 22.9. The van der Waals surface area contributed by atoms with Gasteiger partial charge in [-0.3, -0.25) is 14.3 Å². The molecule has 2 aromatic rings. The van der Waals surface area contributed by atoms with E-state index in [2.05, 4.69) is 10.4 Å². The number of β-amino-alcohol motifs (C(OH)–C–C–N with tert-alkyl or cyclic N) is 1. The molecule has 0 saturated carbocycles. The Kier molecular flexibility index (Phi) is 6.55. The molecule has 0 aliphatic carbocycles. The van der Waals surface area contributed by atoms with Gasteiger partial charge in [-0.15, -0.1) is 0 Å². The van der Waals surface area contributed by atoms with E-state index in [1.165, 1.54) is 0 Å². The van der Waals surface area contributed by atoms with Gasteiger partial charge in [0.1, 0.15) is 6.04 Å². The van der Waals surface area contributed by atoms with E-state index in [-0.39, 0.29) is 42.2 Å². The average Bonchev–Trinajstić information content (AvgIpc) is 3.31. The zero-order valence-corrected chi connectivity index (χ0v) is 19.3. The third kappa shape index (κ3) is 4.98. The van der Waals surface area contributed by atoms with Crippen molar-refractivity contribution in [1.82, 2.24) is 20.0 Å². The second-order valence-electron chi connectivity index (χ2n) is 9.68. The minimum atomic E-state index is -0.680. The number of nitrogens with one attached hydrogen (secondary N) is 1. The van der Waals surface area contributed by atoms with Crippen LogP contribution in [-0.4, -0.2) is 50.3 Å². The summed E-state index contributed by atoms with van der Waals surface area (Å²) in [6.45, 7) is 10.0. The van der Waals surface area contributed by atoms with Crippen LogP contribution in [0.15, 0.2) is 36.5 Å².